The van der Waals surface area contributed by atoms with Crippen LogP contribution in [0.3, 0.4) is 0 Å². The number of hydrogen-bond acceptors (Lipinski definition) is 6. The van der Waals surface area contributed by atoms with Gasteiger partial charge in [-0.1, -0.05) is 30.3 Å². The van der Waals surface area contributed by atoms with E-state index in [0.717, 1.165) is 10.4 Å². The summed E-state index contributed by atoms with van der Waals surface area (Å²) in [5.74, 6) is -1.09. The number of thiophene rings is 1. The highest BCUT2D eigenvalue weighted by molar-refractivity contribution is 7.14. The average molecular weight is 383 g/mol. The zero-order chi connectivity index (χ0) is 19.2. The molecule has 0 fully saturated rings. The second-order valence-corrected chi connectivity index (χ2v) is 6.88. The van der Waals surface area contributed by atoms with Gasteiger partial charge in [0.25, 0.3) is 0 Å². The predicted molar refractivity (Wildman–Crippen MR) is 100 cm³/mol. The third-order valence-corrected chi connectivity index (χ3v) is 4.78. The number of esters is 1. The van der Waals surface area contributed by atoms with Crippen LogP contribution in [-0.4, -0.2) is 34.5 Å². The number of carbonyl (C=O) groups is 3. The number of benzene rings is 1. The molecule has 1 amide bonds. The van der Waals surface area contributed by atoms with Crippen LogP contribution in [0.15, 0.2) is 48.5 Å². The van der Waals surface area contributed by atoms with Gasteiger partial charge in [0, 0.05) is 17.4 Å². The normalized spacial score (nSPS) is 10.4. The first-order valence-electron chi connectivity index (χ1n) is 8.17. The van der Waals surface area contributed by atoms with Gasteiger partial charge in [0.1, 0.15) is 5.69 Å². The number of Topliss-reactive ketones (excluding diaryl/α,β-unsaturated/α-hetero) is 1. The van der Waals surface area contributed by atoms with E-state index in [2.05, 4.69) is 15.5 Å². The summed E-state index contributed by atoms with van der Waals surface area (Å²) in [4.78, 5) is 36.5. The maximum absolute atomic E-state index is 12.2. The maximum atomic E-state index is 12.2. The molecule has 2 heterocycles. The van der Waals surface area contributed by atoms with Crippen molar-refractivity contribution in [3.8, 4) is 11.3 Å². The Balaban J connectivity index is 1.55. The van der Waals surface area contributed by atoms with Gasteiger partial charge in [-0.25, -0.2) is 4.79 Å². The van der Waals surface area contributed by atoms with E-state index in [0.29, 0.717) is 17.1 Å². The quantitative estimate of drug-likeness (QED) is 0.483. The van der Waals surface area contributed by atoms with E-state index in [1.54, 1.807) is 18.2 Å². The third kappa shape index (κ3) is 4.89. The fourth-order valence-corrected chi connectivity index (χ4v) is 3.17. The van der Waals surface area contributed by atoms with Crippen molar-refractivity contribution in [2.75, 3.05) is 6.61 Å². The maximum Gasteiger partial charge on any atom is 0.356 e. The number of amides is 1. The first-order chi connectivity index (χ1) is 13.0. The van der Waals surface area contributed by atoms with Gasteiger partial charge in [0.15, 0.2) is 6.61 Å². The molecule has 1 aromatic carbocycles. The van der Waals surface area contributed by atoms with Crippen molar-refractivity contribution in [2.24, 2.45) is 0 Å². The minimum absolute atomic E-state index is 0.139. The molecule has 0 aliphatic carbocycles. The van der Waals surface area contributed by atoms with Gasteiger partial charge < -0.3 is 10.1 Å². The fourth-order valence-electron chi connectivity index (χ4n) is 2.30. The number of rotatable bonds is 7. The van der Waals surface area contributed by atoms with E-state index in [-0.39, 0.29) is 24.0 Å². The summed E-state index contributed by atoms with van der Waals surface area (Å²) in [7, 11) is 0. The van der Waals surface area contributed by atoms with Crippen LogP contribution in [0.5, 0.6) is 0 Å². The van der Waals surface area contributed by atoms with Crippen molar-refractivity contribution in [3.63, 3.8) is 0 Å². The summed E-state index contributed by atoms with van der Waals surface area (Å²) in [5, 5.41) is 9.38. The van der Waals surface area contributed by atoms with Crippen molar-refractivity contribution in [2.45, 2.75) is 13.5 Å². The summed E-state index contributed by atoms with van der Waals surface area (Å²) in [6.07, 6.45) is 0. The van der Waals surface area contributed by atoms with Crippen molar-refractivity contribution >= 4 is 29.0 Å². The molecule has 0 saturated heterocycles. The monoisotopic (exact) mass is 383 g/mol. The van der Waals surface area contributed by atoms with Crippen LogP contribution in [0, 0.1) is 0 Å². The number of aromatic amines is 1. The standard InChI is InChI=1S/C19H17N3O4S/c1-12(23)20-10-14-7-8-18(27-14)17(24)11-26-19(25)16-9-15(21-22-16)13-5-3-2-4-6-13/h2-9H,10-11H2,1H3,(H,20,23)(H,21,22). The molecule has 0 saturated carbocycles. The lowest BCUT2D eigenvalue weighted by molar-refractivity contribution is -0.119. The Bertz CT molecular complexity index is 962. The number of nitrogens with zero attached hydrogens (tertiary/aromatic N) is 1. The molecule has 0 aliphatic heterocycles. The topological polar surface area (TPSA) is 101 Å². The number of hydrogen-bond donors (Lipinski definition) is 2. The molecular formula is C19H17N3O4S. The molecule has 2 aromatic heterocycles. The van der Waals surface area contributed by atoms with Crippen molar-refractivity contribution in [3.05, 3.63) is 64.0 Å². The second kappa shape index (κ2) is 8.41. The van der Waals surface area contributed by atoms with Crippen molar-refractivity contribution < 1.29 is 19.1 Å². The van der Waals surface area contributed by atoms with Gasteiger partial charge in [0.05, 0.1) is 17.1 Å². The van der Waals surface area contributed by atoms with Crippen molar-refractivity contribution in [1.82, 2.24) is 15.5 Å². The van der Waals surface area contributed by atoms with Gasteiger partial charge in [-0.15, -0.1) is 11.3 Å². The Morgan fingerprint density at radius 2 is 1.93 bits per heavy atom. The van der Waals surface area contributed by atoms with Gasteiger partial charge in [0.2, 0.25) is 11.7 Å². The van der Waals surface area contributed by atoms with Gasteiger partial charge in [-0.05, 0) is 18.2 Å². The highest BCUT2D eigenvalue weighted by atomic mass is 32.1. The van der Waals surface area contributed by atoms with Crippen molar-refractivity contribution in [1.29, 1.82) is 0 Å². The Kier molecular flexibility index (Phi) is 5.77. The SMILES string of the molecule is CC(=O)NCc1ccc(C(=O)COC(=O)c2cc(-c3ccccc3)n[nH]2)s1. The Labute approximate surface area is 159 Å². The molecule has 0 radical (unpaired) electrons. The van der Waals surface area contributed by atoms with Crippen LogP contribution in [0.4, 0.5) is 0 Å². The van der Waals surface area contributed by atoms with Crippen LogP contribution in [0.25, 0.3) is 11.3 Å². The molecule has 3 aromatic rings. The Morgan fingerprint density at radius 3 is 2.67 bits per heavy atom. The number of ketones is 1. The first kappa shape index (κ1) is 18.5. The Hall–Kier alpha value is -3.26. The van der Waals surface area contributed by atoms with Crippen LogP contribution >= 0.6 is 11.3 Å². The minimum atomic E-state index is -0.645. The zero-order valence-corrected chi connectivity index (χ0v) is 15.3. The largest absolute Gasteiger partial charge is 0.453 e. The molecule has 138 valence electrons. The number of aromatic nitrogens is 2. The Morgan fingerprint density at radius 1 is 1.15 bits per heavy atom. The minimum Gasteiger partial charge on any atom is -0.453 e. The van der Waals surface area contributed by atoms with Crippen LogP contribution in [0.2, 0.25) is 0 Å². The molecular weight excluding hydrogens is 366 g/mol. The molecule has 0 unspecified atom stereocenters. The molecule has 2 N–H and O–H groups in total. The molecule has 0 aliphatic rings. The number of ether oxygens (including phenoxy) is 1. The summed E-state index contributed by atoms with van der Waals surface area (Å²) in [5.41, 5.74) is 1.67. The molecule has 8 heteroatoms. The molecule has 0 bridgehead atoms. The molecule has 3 rings (SSSR count). The van der Waals surface area contributed by atoms with Gasteiger partial charge in [-0.2, -0.15) is 5.10 Å². The number of nitrogens with one attached hydrogen (secondary N) is 2. The molecule has 7 nitrogen and oxygen atoms in total. The smallest absolute Gasteiger partial charge is 0.356 e. The lowest BCUT2D eigenvalue weighted by atomic mass is 10.1. The molecule has 0 spiro atoms. The lowest BCUT2D eigenvalue weighted by Crippen LogP contribution is -2.18. The predicted octanol–water partition coefficient (Wildman–Crippen LogP) is 2.81. The average Bonchev–Trinajstić information content (AvgIpc) is 3.34. The summed E-state index contributed by atoms with van der Waals surface area (Å²) in [6.45, 7) is 1.43. The van der Waals surface area contributed by atoms with Crippen LogP contribution in [-0.2, 0) is 16.1 Å². The summed E-state index contributed by atoms with van der Waals surface area (Å²) >= 11 is 1.26. The van der Waals surface area contributed by atoms with Crippen LogP contribution < -0.4 is 5.32 Å². The van der Waals surface area contributed by atoms with Crippen LogP contribution in [0.1, 0.15) is 32.0 Å². The zero-order valence-electron chi connectivity index (χ0n) is 14.5. The lowest BCUT2D eigenvalue weighted by Gasteiger charge is -2.01. The van der Waals surface area contributed by atoms with Gasteiger partial charge in [-0.3, -0.25) is 14.7 Å². The third-order valence-electron chi connectivity index (χ3n) is 3.65. The van der Waals surface area contributed by atoms with E-state index in [1.165, 1.54) is 18.3 Å². The van der Waals surface area contributed by atoms with E-state index < -0.39 is 5.97 Å². The second-order valence-electron chi connectivity index (χ2n) is 5.71. The highest BCUT2D eigenvalue weighted by Gasteiger charge is 2.16. The number of H-pyrrole nitrogens is 1. The molecule has 0 atom stereocenters. The fraction of sp³-hybridized carbons (Fsp3) is 0.158. The van der Waals surface area contributed by atoms with E-state index in [9.17, 15) is 14.4 Å². The van der Waals surface area contributed by atoms with Gasteiger partial charge >= 0.3 is 5.97 Å². The van der Waals surface area contributed by atoms with E-state index in [1.807, 2.05) is 30.3 Å². The first-order valence-corrected chi connectivity index (χ1v) is 8.99. The number of carbonyl (C=O) groups excluding carboxylic acids is 3. The van der Waals surface area contributed by atoms with E-state index in [4.69, 9.17) is 4.74 Å². The molecule has 27 heavy (non-hydrogen) atoms. The summed E-state index contributed by atoms with van der Waals surface area (Å²) in [6, 6.07) is 14.4. The highest BCUT2D eigenvalue weighted by Crippen LogP contribution is 2.19. The summed E-state index contributed by atoms with van der Waals surface area (Å²) < 4.78 is 5.08. The van der Waals surface area contributed by atoms with E-state index >= 15 is 0 Å².